The van der Waals surface area contributed by atoms with Gasteiger partial charge < -0.3 is 15.5 Å². The van der Waals surface area contributed by atoms with E-state index < -0.39 is 36.5 Å². The first-order valence-corrected chi connectivity index (χ1v) is 11.5. The number of carbonyl (C=O) groups excluding carboxylic acids is 1. The van der Waals surface area contributed by atoms with Crippen molar-refractivity contribution in [1.82, 2.24) is 10.6 Å². The molecule has 0 saturated carbocycles. The van der Waals surface area contributed by atoms with Crippen molar-refractivity contribution < 1.29 is 24.6 Å². The van der Waals surface area contributed by atoms with Crippen molar-refractivity contribution >= 4 is 35.3 Å². The van der Waals surface area contributed by atoms with Gasteiger partial charge in [-0.05, 0) is 62.1 Å². The Labute approximate surface area is 180 Å². The molecule has 30 heavy (non-hydrogen) atoms. The SMILES string of the molecule is O=C(O)CN1C(=O)C(N[C@@H](CSCC2CCNCC2)C(=O)O)CCc2ccccc21. The van der Waals surface area contributed by atoms with E-state index in [0.717, 1.165) is 37.2 Å². The zero-order valence-electron chi connectivity index (χ0n) is 16.9. The maximum atomic E-state index is 13.1. The average molecular weight is 436 g/mol. The molecule has 164 valence electrons. The Morgan fingerprint density at radius 2 is 1.93 bits per heavy atom. The van der Waals surface area contributed by atoms with Crippen LogP contribution in [0, 0.1) is 5.92 Å². The van der Waals surface area contributed by atoms with E-state index in [1.165, 1.54) is 4.90 Å². The summed E-state index contributed by atoms with van der Waals surface area (Å²) in [6, 6.07) is 5.64. The van der Waals surface area contributed by atoms with Crippen LogP contribution in [-0.4, -0.2) is 71.3 Å². The summed E-state index contributed by atoms with van der Waals surface area (Å²) in [5.41, 5.74) is 1.48. The van der Waals surface area contributed by atoms with Gasteiger partial charge in [0.1, 0.15) is 12.6 Å². The highest BCUT2D eigenvalue weighted by molar-refractivity contribution is 7.99. The van der Waals surface area contributed by atoms with Crippen LogP contribution in [0.3, 0.4) is 0 Å². The van der Waals surface area contributed by atoms with Gasteiger partial charge in [-0.25, -0.2) is 0 Å². The van der Waals surface area contributed by atoms with Crippen molar-refractivity contribution in [2.45, 2.75) is 37.8 Å². The lowest BCUT2D eigenvalue weighted by atomic mass is 10.0. The monoisotopic (exact) mass is 435 g/mol. The number of fused-ring (bicyclic) bond motifs is 1. The fourth-order valence-corrected chi connectivity index (χ4v) is 5.28. The molecule has 0 aliphatic carbocycles. The second kappa shape index (κ2) is 10.8. The molecule has 2 aliphatic rings. The zero-order chi connectivity index (χ0) is 21.5. The number of rotatable bonds is 9. The quantitative estimate of drug-likeness (QED) is 0.457. The highest BCUT2D eigenvalue weighted by Crippen LogP contribution is 2.27. The van der Waals surface area contributed by atoms with Gasteiger partial charge in [0.15, 0.2) is 0 Å². The Balaban J connectivity index is 1.66. The molecule has 0 spiro atoms. The Kier molecular flexibility index (Phi) is 8.12. The van der Waals surface area contributed by atoms with E-state index in [4.69, 9.17) is 0 Å². The van der Waals surface area contributed by atoms with Crippen LogP contribution < -0.4 is 15.5 Å². The lowest BCUT2D eigenvalue weighted by Gasteiger charge is -2.27. The first-order valence-electron chi connectivity index (χ1n) is 10.3. The van der Waals surface area contributed by atoms with Crippen LogP contribution in [-0.2, 0) is 20.8 Å². The topological polar surface area (TPSA) is 119 Å². The summed E-state index contributed by atoms with van der Waals surface area (Å²) >= 11 is 1.60. The molecular formula is C21H29N3O5S. The number of nitrogens with one attached hydrogen (secondary N) is 2. The number of hydrogen-bond acceptors (Lipinski definition) is 6. The number of carbonyl (C=O) groups is 3. The lowest BCUT2D eigenvalue weighted by molar-refractivity contribution is -0.140. The minimum Gasteiger partial charge on any atom is -0.480 e. The van der Waals surface area contributed by atoms with Gasteiger partial charge in [0.05, 0.1) is 6.04 Å². The van der Waals surface area contributed by atoms with Crippen molar-refractivity contribution in [1.29, 1.82) is 0 Å². The molecule has 1 aromatic rings. The molecule has 0 radical (unpaired) electrons. The van der Waals surface area contributed by atoms with Gasteiger partial charge >= 0.3 is 11.9 Å². The molecule has 1 amide bonds. The number of carboxylic acids is 2. The third-order valence-corrected chi connectivity index (χ3v) is 6.92. The number of carboxylic acid groups (broad SMARTS) is 2. The molecular weight excluding hydrogens is 406 g/mol. The van der Waals surface area contributed by atoms with E-state index >= 15 is 0 Å². The largest absolute Gasteiger partial charge is 0.480 e. The van der Waals surface area contributed by atoms with Gasteiger partial charge in [0, 0.05) is 11.4 Å². The van der Waals surface area contributed by atoms with Gasteiger partial charge in [-0.3, -0.25) is 24.6 Å². The van der Waals surface area contributed by atoms with Crippen LogP contribution in [0.25, 0.3) is 0 Å². The van der Waals surface area contributed by atoms with Crippen LogP contribution in [0.15, 0.2) is 24.3 Å². The van der Waals surface area contributed by atoms with Crippen LogP contribution in [0.1, 0.15) is 24.8 Å². The first-order chi connectivity index (χ1) is 14.5. The number of nitrogens with zero attached hydrogens (tertiary/aromatic N) is 1. The first kappa shape index (κ1) is 22.6. The number of benzene rings is 1. The van der Waals surface area contributed by atoms with Crippen LogP contribution in [0.2, 0.25) is 0 Å². The van der Waals surface area contributed by atoms with Crippen LogP contribution in [0.4, 0.5) is 5.69 Å². The normalized spacial score (nSPS) is 21.0. The minimum atomic E-state index is -1.11. The third-order valence-electron chi connectivity index (χ3n) is 5.64. The second-order valence-electron chi connectivity index (χ2n) is 7.83. The van der Waals surface area contributed by atoms with E-state index in [1.807, 2.05) is 12.1 Å². The minimum absolute atomic E-state index is 0.370. The fourth-order valence-electron chi connectivity index (χ4n) is 4.00. The van der Waals surface area contributed by atoms with Crippen molar-refractivity contribution in [3.05, 3.63) is 29.8 Å². The van der Waals surface area contributed by atoms with Crippen molar-refractivity contribution in [3.63, 3.8) is 0 Å². The molecule has 2 atom stereocenters. The number of piperidine rings is 1. The zero-order valence-corrected chi connectivity index (χ0v) is 17.7. The van der Waals surface area contributed by atoms with Gasteiger partial charge in [0.25, 0.3) is 0 Å². The average Bonchev–Trinajstić information content (AvgIpc) is 2.85. The molecule has 9 heteroatoms. The molecule has 1 fully saturated rings. The summed E-state index contributed by atoms with van der Waals surface area (Å²) in [7, 11) is 0. The molecule has 1 unspecified atom stereocenters. The summed E-state index contributed by atoms with van der Waals surface area (Å²) in [6.45, 7) is 1.56. The third kappa shape index (κ3) is 5.96. The molecule has 1 aromatic carbocycles. The van der Waals surface area contributed by atoms with Gasteiger partial charge in [-0.15, -0.1) is 0 Å². The predicted octanol–water partition coefficient (Wildman–Crippen LogP) is 1.19. The smallest absolute Gasteiger partial charge is 0.323 e. The van der Waals surface area contributed by atoms with Gasteiger partial charge in [-0.2, -0.15) is 11.8 Å². The van der Waals surface area contributed by atoms with E-state index in [0.29, 0.717) is 30.2 Å². The number of para-hydroxylation sites is 1. The number of anilines is 1. The van der Waals surface area contributed by atoms with Crippen LogP contribution >= 0.6 is 11.8 Å². The van der Waals surface area contributed by atoms with Gasteiger partial charge in [-0.1, -0.05) is 18.2 Å². The Hall–Kier alpha value is -2.10. The fraction of sp³-hybridized carbons (Fsp3) is 0.571. The number of aliphatic carboxylic acids is 2. The Bertz CT molecular complexity index is 769. The molecule has 8 nitrogen and oxygen atoms in total. The van der Waals surface area contributed by atoms with E-state index in [9.17, 15) is 24.6 Å². The van der Waals surface area contributed by atoms with Crippen molar-refractivity contribution in [2.75, 3.05) is 36.0 Å². The summed E-state index contributed by atoms with van der Waals surface area (Å²) in [6.07, 6.45) is 3.20. The molecule has 4 N–H and O–H groups in total. The van der Waals surface area contributed by atoms with Gasteiger partial charge in [0.2, 0.25) is 5.91 Å². The Morgan fingerprint density at radius 3 is 2.63 bits per heavy atom. The molecule has 3 rings (SSSR count). The number of hydrogen-bond donors (Lipinski definition) is 4. The molecule has 0 aromatic heterocycles. The van der Waals surface area contributed by atoms with E-state index in [2.05, 4.69) is 10.6 Å². The number of amides is 1. The van der Waals surface area contributed by atoms with Crippen molar-refractivity contribution in [3.8, 4) is 0 Å². The molecule has 0 bridgehead atoms. The maximum Gasteiger partial charge on any atom is 0.323 e. The highest BCUT2D eigenvalue weighted by atomic mass is 32.2. The van der Waals surface area contributed by atoms with Crippen LogP contribution in [0.5, 0.6) is 0 Å². The molecule has 1 saturated heterocycles. The number of aryl methyl sites for hydroxylation is 1. The Morgan fingerprint density at radius 1 is 1.20 bits per heavy atom. The van der Waals surface area contributed by atoms with E-state index in [1.54, 1.807) is 23.9 Å². The lowest BCUT2D eigenvalue weighted by Crippen LogP contribution is -2.53. The van der Waals surface area contributed by atoms with E-state index in [-0.39, 0.29) is 0 Å². The summed E-state index contributed by atoms with van der Waals surface area (Å²) in [5.74, 6) is -0.627. The predicted molar refractivity (Wildman–Crippen MR) is 116 cm³/mol. The standard InChI is InChI=1S/C21H29N3O5S/c25-19(26)11-24-18-4-2-1-3-15(18)5-6-16(20(24)27)23-17(21(28)29)13-30-12-14-7-9-22-10-8-14/h1-4,14,16-17,22-23H,5-13H2,(H,25,26)(H,28,29)/t16?,17-/m0/s1. The second-order valence-corrected chi connectivity index (χ2v) is 8.90. The summed E-state index contributed by atoms with van der Waals surface area (Å²) in [4.78, 5) is 37.5. The summed E-state index contributed by atoms with van der Waals surface area (Å²) < 4.78 is 0. The highest BCUT2D eigenvalue weighted by Gasteiger charge is 2.34. The molecule has 2 heterocycles. The number of thioether (sulfide) groups is 1. The summed E-state index contributed by atoms with van der Waals surface area (Å²) in [5, 5.41) is 25.3. The van der Waals surface area contributed by atoms with Crippen molar-refractivity contribution in [2.24, 2.45) is 5.92 Å². The maximum absolute atomic E-state index is 13.1. The molecule has 2 aliphatic heterocycles.